The van der Waals surface area contributed by atoms with Crippen LogP contribution in [0.1, 0.15) is 12.8 Å². The fourth-order valence-corrected chi connectivity index (χ4v) is 3.25. The molecule has 0 bridgehead atoms. The van der Waals surface area contributed by atoms with E-state index in [-0.39, 0.29) is 11.9 Å². The van der Waals surface area contributed by atoms with Gasteiger partial charge in [-0.3, -0.25) is 0 Å². The van der Waals surface area contributed by atoms with Crippen LogP contribution in [0.2, 0.25) is 0 Å². The Bertz CT molecular complexity index is 437. The standard InChI is InChI=1S/C13H17FN2O/c14-9-2-3-12(11(15)5-9)16-6-8-1-4-13(17)10(8)7-16/h2-3,5,8,10,13,17H,1,4,6-7,15H2. The Hall–Kier alpha value is -1.29. The Morgan fingerprint density at radius 3 is 2.82 bits per heavy atom. The topological polar surface area (TPSA) is 49.5 Å². The maximum atomic E-state index is 13.0. The summed E-state index contributed by atoms with van der Waals surface area (Å²) in [5.74, 6) is 0.625. The second-order valence-corrected chi connectivity index (χ2v) is 5.18. The molecule has 92 valence electrons. The Balaban J connectivity index is 1.83. The lowest BCUT2D eigenvalue weighted by molar-refractivity contribution is 0.133. The highest BCUT2D eigenvalue weighted by Gasteiger charge is 2.42. The number of benzene rings is 1. The number of nitrogens with two attached hydrogens (primary N) is 1. The van der Waals surface area contributed by atoms with E-state index in [4.69, 9.17) is 5.73 Å². The lowest BCUT2D eigenvalue weighted by Gasteiger charge is -2.22. The molecule has 2 fully saturated rings. The van der Waals surface area contributed by atoms with E-state index in [2.05, 4.69) is 4.90 Å². The summed E-state index contributed by atoms with van der Waals surface area (Å²) in [6.45, 7) is 1.76. The van der Waals surface area contributed by atoms with Gasteiger partial charge < -0.3 is 15.7 Å². The third-order valence-corrected chi connectivity index (χ3v) is 4.15. The van der Waals surface area contributed by atoms with Gasteiger partial charge in [0.25, 0.3) is 0 Å². The first-order valence-electron chi connectivity index (χ1n) is 6.13. The number of hydrogen-bond acceptors (Lipinski definition) is 3. The Kier molecular flexibility index (Phi) is 2.47. The molecule has 1 aromatic rings. The number of hydrogen-bond donors (Lipinski definition) is 2. The van der Waals surface area contributed by atoms with Crippen molar-refractivity contribution in [2.24, 2.45) is 11.8 Å². The van der Waals surface area contributed by atoms with E-state index in [1.54, 1.807) is 6.07 Å². The summed E-state index contributed by atoms with van der Waals surface area (Å²) >= 11 is 0. The molecule has 0 aromatic heterocycles. The molecule has 2 aliphatic rings. The molecule has 3 rings (SSSR count). The van der Waals surface area contributed by atoms with Gasteiger partial charge in [0.2, 0.25) is 0 Å². The smallest absolute Gasteiger partial charge is 0.125 e. The molecule has 3 nitrogen and oxygen atoms in total. The van der Waals surface area contributed by atoms with Crippen LogP contribution in [0.25, 0.3) is 0 Å². The average molecular weight is 236 g/mol. The van der Waals surface area contributed by atoms with Crippen molar-refractivity contribution in [1.82, 2.24) is 0 Å². The van der Waals surface area contributed by atoms with Gasteiger partial charge in [0.05, 0.1) is 17.5 Å². The Morgan fingerprint density at radius 1 is 1.29 bits per heavy atom. The van der Waals surface area contributed by atoms with Crippen LogP contribution in [0.3, 0.4) is 0 Å². The summed E-state index contributed by atoms with van der Waals surface area (Å²) in [7, 11) is 0. The summed E-state index contributed by atoms with van der Waals surface area (Å²) in [5, 5.41) is 9.86. The lowest BCUT2D eigenvalue weighted by Crippen LogP contribution is -2.25. The second kappa shape index (κ2) is 3.88. The molecular weight excluding hydrogens is 219 g/mol. The minimum Gasteiger partial charge on any atom is -0.397 e. The molecule has 1 heterocycles. The normalized spacial score (nSPS) is 31.9. The average Bonchev–Trinajstić information content (AvgIpc) is 2.81. The van der Waals surface area contributed by atoms with E-state index >= 15 is 0 Å². The van der Waals surface area contributed by atoms with Gasteiger partial charge in [-0.15, -0.1) is 0 Å². The van der Waals surface area contributed by atoms with Crippen molar-refractivity contribution in [2.45, 2.75) is 18.9 Å². The van der Waals surface area contributed by atoms with Crippen LogP contribution in [0, 0.1) is 17.7 Å². The van der Waals surface area contributed by atoms with Crippen LogP contribution < -0.4 is 10.6 Å². The first-order valence-corrected chi connectivity index (χ1v) is 6.13. The zero-order valence-electron chi connectivity index (χ0n) is 9.64. The van der Waals surface area contributed by atoms with Crippen molar-refractivity contribution in [3.63, 3.8) is 0 Å². The molecule has 1 saturated heterocycles. The van der Waals surface area contributed by atoms with Gasteiger partial charge in [-0.2, -0.15) is 0 Å². The van der Waals surface area contributed by atoms with Crippen molar-refractivity contribution in [2.75, 3.05) is 23.7 Å². The van der Waals surface area contributed by atoms with Crippen molar-refractivity contribution >= 4 is 11.4 Å². The van der Waals surface area contributed by atoms with Crippen LogP contribution >= 0.6 is 0 Å². The summed E-state index contributed by atoms with van der Waals surface area (Å²) < 4.78 is 13.0. The largest absolute Gasteiger partial charge is 0.397 e. The molecule has 0 spiro atoms. The molecule has 3 N–H and O–H groups in total. The van der Waals surface area contributed by atoms with Crippen LogP contribution in [0.4, 0.5) is 15.8 Å². The molecule has 4 heteroatoms. The van der Waals surface area contributed by atoms with Crippen LogP contribution in [0.15, 0.2) is 18.2 Å². The lowest BCUT2D eigenvalue weighted by atomic mass is 10.00. The zero-order valence-corrected chi connectivity index (χ0v) is 9.64. The predicted molar refractivity (Wildman–Crippen MR) is 65.2 cm³/mol. The van der Waals surface area contributed by atoms with Crippen LogP contribution in [-0.4, -0.2) is 24.3 Å². The van der Waals surface area contributed by atoms with E-state index in [0.29, 0.717) is 17.5 Å². The molecule has 1 aliphatic heterocycles. The second-order valence-electron chi connectivity index (χ2n) is 5.18. The molecule has 3 atom stereocenters. The van der Waals surface area contributed by atoms with E-state index in [9.17, 15) is 9.50 Å². The van der Waals surface area contributed by atoms with Gasteiger partial charge in [-0.05, 0) is 37.0 Å². The molecule has 3 unspecified atom stereocenters. The van der Waals surface area contributed by atoms with Crippen LogP contribution in [0.5, 0.6) is 0 Å². The van der Waals surface area contributed by atoms with E-state index in [0.717, 1.165) is 31.6 Å². The van der Waals surface area contributed by atoms with E-state index in [1.807, 2.05) is 0 Å². The number of aliphatic hydroxyl groups is 1. The number of aliphatic hydroxyl groups excluding tert-OH is 1. The monoisotopic (exact) mass is 236 g/mol. The molecule has 17 heavy (non-hydrogen) atoms. The van der Waals surface area contributed by atoms with Crippen molar-refractivity contribution in [3.8, 4) is 0 Å². The summed E-state index contributed by atoms with van der Waals surface area (Å²) in [6.07, 6.45) is 1.83. The number of anilines is 2. The fraction of sp³-hybridized carbons (Fsp3) is 0.538. The predicted octanol–water partition coefficient (Wildman–Crippen LogP) is 1.61. The number of nitrogen functional groups attached to an aromatic ring is 1. The molecule has 0 radical (unpaired) electrons. The van der Waals surface area contributed by atoms with Gasteiger partial charge in [0.15, 0.2) is 0 Å². The van der Waals surface area contributed by atoms with E-state index < -0.39 is 0 Å². The third kappa shape index (κ3) is 1.76. The SMILES string of the molecule is Nc1cc(F)ccc1N1CC2CCC(O)C2C1. The van der Waals surface area contributed by atoms with E-state index in [1.165, 1.54) is 12.1 Å². The van der Waals surface area contributed by atoms with Gasteiger partial charge in [-0.25, -0.2) is 4.39 Å². The van der Waals surface area contributed by atoms with Crippen molar-refractivity contribution in [3.05, 3.63) is 24.0 Å². The molecule has 1 aliphatic carbocycles. The number of halogens is 1. The Morgan fingerprint density at radius 2 is 2.12 bits per heavy atom. The highest BCUT2D eigenvalue weighted by molar-refractivity contribution is 5.68. The van der Waals surface area contributed by atoms with Gasteiger partial charge >= 0.3 is 0 Å². The number of nitrogens with zero attached hydrogens (tertiary/aromatic N) is 1. The first-order chi connectivity index (χ1) is 8.15. The zero-order chi connectivity index (χ0) is 12.0. The number of fused-ring (bicyclic) bond motifs is 1. The van der Waals surface area contributed by atoms with Crippen molar-refractivity contribution < 1.29 is 9.50 Å². The van der Waals surface area contributed by atoms with Crippen molar-refractivity contribution in [1.29, 1.82) is 0 Å². The summed E-state index contributed by atoms with van der Waals surface area (Å²) in [6, 6.07) is 4.54. The molecule has 1 saturated carbocycles. The summed E-state index contributed by atoms with van der Waals surface area (Å²) in [5.41, 5.74) is 7.22. The number of rotatable bonds is 1. The molecule has 1 aromatic carbocycles. The first kappa shape index (κ1) is 10.8. The quantitative estimate of drug-likeness (QED) is 0.728. The summed E-state index contributed by atoms with van der Waals surface area (Å²) in [4.78, 5) is 2.17. The molecule has 0 amide bonds. The third-order valence-electron chi connectivity index (χ3n) is 4.15. The minimum absolute atomic E-state index is 0.174. The van der Waals surface area contributed by atoms with Gasteiger partial charge in [-0.1, -0.05) is 0 Å². The highest BCUT2D eigenvalue weighted by atomic mass is 19.1. The molecular formula is C13H17FN2O. The maximum Gasteiger partial charge on any atom is 0.125 e. The Labute approximate surface area is 100 Å². The van der Waals surface area contributed by atoms with Gasteiger partial charge in [0.1, 0.15) is 5.82 Å². The minimum atomic E-state index is -0.300. The van der Waals surface area contributed by atoms with Gasteiger partial charge in [0, 0.05) is 19.0 Å². The maximum absolute atomic E-state index is 13.0. The van der Waals surface area contributed by atoms with Crippen LogP contribution in [-0.2, 0) is 0 Å². The fourth-order valence-electron chi connectivity index (χ4n) is 3.25. The highest BCUT2D eigenvalue weighted by Crippen LogP contribution is 2.41.